The van der Waals surface area contributed by atoms with Gasteiger partial charge in [-0.05, 0) is 134 Å². The van der Waals surface area contributed by atoms with Crippen LogP contribution in [-0.2, 0) is 33.3 Å². The summed E-state index contributed by atoms with van der Waals surface area (Å²) in [6, 6.07) is -0.919. The highest BCUT2D eigenvalue weighted by Crippen LogP contribution is 2.25. The lowest BCUT2D eigenvalue weighted by atomic mass is 10.1. The monoisotopic (exact) mass is 886 g/mol. The summed E-state index contributed by atoms with van der Waals surface area (Å²) in [5, 5.41) is 29.0. The third-order valence-electron chi connectivity index (χ3n) is 8.63. The number of esters is 1. The van der Waals surface area contributed by atoms with E-state index in [4.69, 9.17) is 52.7 Å². The van der Waals surface area contributed by atoms with Crippen molar-refractivity contribution >= 4 is 59.4 Å². The Morgan fingerprint density at radius 3 is 1.42 bits per heavy atom. The van der Waals surface area contributed by atoms with E-state index >= 15 is 0 Å². The third kappa shape index (κ3) is 25.2. The maximum atomic E-state index is 11.9. The molecule has 4 saturated heterocycles. The van der Waals surface area contributed by atoms with Gasteiger partial charge in [-0.15, -0.1) is 23.2 Å². The number of ether oxygens (including phenoxy) is 4. The number of rotatable bonds is 6. The van der Waals surface area contributed by atoms with E-state index in [1.807, 2.05) is 41.5 Å². The Balaban J connectivity index is 0.000000753. The van der Waals surface area contributed by atoms with Crippen LogP contribution in [0.4, 0.5) is 14.4 Å². The van der Waals surface area contributed by atoms with Gasteiger partial charge in [0.05, 0.1) is 13.5 Å². The first-order valence-electron chi connectivity index (χ1n) is 20.3. The zero-order valence-electron chi connectivity index (χ0n) is 37.0. The molecule has 59 heavy (non-hydrogen) atoms. The number of aliphatic hydroxyl groups excluding tert-OH is 1. The summed E-state index contributed by atoms with van der Waals surface area (Å²) in [7, 11) is 1.36. The van der Waals surface area contributed by atoms with Gasteiger partial charge in [-0.3, -0.25) is 14.5 Å². The summed E-state index contributed by atoms with van der Waals surface area (Å²) in [6.45, 7) is 20.9. The molecule has 4 aliphatic heterocycles. The van der Waals surface area contributed by atoms with Crippen molar-refractivity contribution in [3.63, 3.8) is 0 Å². The average Bonchev–Trinajstić information content (AvgIpc) is 3.91. The fourth-order valence-electron chi connectivity index (χ4n) is 6.19. The highest BCUT2D eigenvalue weighted by Gasteiger charge is 2.37. The van der Waals surface area contributed by atoms with E-state index in [0.717, 1.165) is 58.0 Å². The van der Waals surface area contributed by atoms with Gasteiger partial charge in [0.1, 0.15) is 33.7 Å². The van der Waals surface area contributed by atoms with Crippen LogP contribution in [0.2, 0.25) is 0 Å². The van der Waals surface area contributed by atoms with Crippen LogP contribution in [0.3, 0.4) is 0 Å². The number of aliphatic carboxylic acids is 2. The van der Waals surface area contributed by atoms with E-state index in [1.165, 1.54) is 12.0 Å². The lowest BCUT2D eigenvalue weighted by molar-refractivity contribution is -0.142. The molecule has 4 fully saturated rings. The number of hydrogen-bond acceptors (Lipinski definition) is 12. The second-order valence-electron chi connectivity index (χ2n) is 17.4. The van der Waals surface area contributed by atoms with Gasteiger partial charge in [0.15, 0.2) is 0 Å². The van der Waals surface area contributed by atoms with E-state index < -0.39 is 40.9 Å². The summed E-state index contributed by atoms with van der Waals surface area (Å²) >= 11 is 10.1. The number of aliphatic hydroxyl groups is 1. The molecular formula is C40H72Cl2N4O13. The summed E-state index contributed by atoms with van der Waals surface area (Å²) < 4.78 is 20.4. The predicted molar refractivity (Wildman–Crippen MR) is 224 cm³/mol. The van der Waals surface area contributed by atoms with Crippen molar-refractivity contribution in [1.29, 1.82) is 0 Å². The van der Waals surface area contributed by atoms with Crippen molar-refractivity contribution in [2.24, 2.45) is 0 Å². The molecule has 4 aliphatic rings. The van der Waals surface area contributed by atoms with Gasteiger partial charge in [0, 0.05) is 38.3 Å². The topological polar surface area (TPSA) is 222 Å². The maximum absolute atomic E-state index is 11.9. The number of carbonyl (C=O) groups excluding carboxylic acids is 4. The molecule has 0 aliphatic carbocycles. The van der Waals surface area contributed by atoms with E-state index in [1.54, 1.807) is 37.5 Å². The van der Waals surface area contributed by atoms with E-state index in [-0.39, 0.29) is 54.1 Å². The molecule has 344 valence electrons. The van der Waals surface area contributed by atoms with Crippen molar-refractivity contribution in [1.82, 2.24) is 20.0 Å². The number of alkyl halides is 2. The minimum atomic E-state index is -0.960. The summed E-state index contributed by atoms with van der Waals surface area (Å²) in [5.74, 6) is -1.97. The molecule has 0 bridgehead atoms. The number of halogens is 2. The smallest absolute Gasteiger partial charge is 0.411 e. The first-order valence-corrected chi connectivity index (χ1v) is 21.1. The number of likely N-dealkylation sites (tertiary alicyclic amines) is 3. The van der Waals surface area contributed by atoms with Crippen molar-refractivity contribution in [3.05, 3.63) is 0 Å². The van der Waals surface area contributed by atoms with Gasteiger partial charge < -0.3 is 49.4 Å². The molecule has 0 aromatic rings. The van der Waals surface area contributed by atoms with E-state index in [2.05, 4.69) is 10.1 Å². The third-order valence-corrected chi connectivity index (χ3v) is 8.63. The van der Waals surface area contributed by atoms with Gasteiger partial charge in [0.25, 0.3) is 0 Å². The van der Waals surface area contributed by atoms with Gasteiger partial charge in [0.2, 0.25) is 0 Å². The normalized spacial score (nSPS) is 21.3. The van der Waals surface area contributed by atoms with Crippen molar-refractivity contribution in [2.75, 3.05) is 39.9 Å². The fourth-order valence-corrected chi connectivity index (χ4v) is 6.19. The van der Waals surface area contributed by atoms with Crippen LogP contribution < -0.4 is 5.32 Å². The molecule has 4 rings (SSSR count). The number of methoxy groups -OCH3 is 1. The molecule has 4 N–H and O–H groups in total. The average molecular weight is 888 g/mol. The number of hydrogen-bond donors (Lipinski definition) is 4. The van der Waals surface area contributed by atoms with E-state index in [9.17, 15) is 28.8 Å². The van der Waals surface area contributed by atoms with Gasteiger partial charge in [-0.1, -0.05) is 0 Å². The largest absolute Gasteiger partial charge is 0.480 e. The standard InChI is InChI=1S/C12H21NO4.C11H21NO3.C10H17NO4.C5H9NO2.C2H4Cl2/c1-12(2,3)17-11(15)13-7-5-6-9(13)8-10(14)16-4;1-11(2,3)15-10(14)12-7-4-5-9(12)6-8-13;1-10(2,3)15-9(14)11-6-4-5-7(11)8(12)13;7-5(8)4-2-1-3-6-4;1-2(3)4/h9H,5-8H2,1-4H3;9,13H,4-8H2,1-3H3;7H,4-6H2,1-3H3,(H,12,13);4,6H,1-3H2,(H,7,8);2H,1H3/t2*9-;7-;4-;/m1111./s1. The fraction of sp³-hybridized carbons (Fsp3) is 0.850. The number of carboxylic acid groups (broad SMARTS) is 2. The number of nitrogens with zero attached hydrogens (tertiary/aromatic N) is 3. The second-order valence-corrected chi connectivity index (χ2v) is 18.9. The highest BCUT2D eigenvalue weighted by atomic mass is 35.5. The molecule has 19 heteroatoms. The van der Waals surface area contributed by atoms with E-state index in [0.29, 0.717) is 25.9 Å². The van der Waals surface area contributed by atoms with Crippen LogP contribution in [0.5, 0.6) is 0 Å². The molecule has 0 saturated carbocycles. The molecule has 3 amide bonds. The molecular weight excluding hydrogens is 815 g/mol. The first kappa shape index (κ1) is 55.7. The van der Waals surface area contributed by atoms with Crippen molar-refractivity contribution < 1.29 is 63.0 Å². The Hall–Kier alpha value is -3.28. The van der Waals surface area contributed by atoms with Crippen LogP contribution in [0.15, 0.2) is 0 Å². The van der Waals surface area contributed by atoms with Crippen LogP contribution in [0, 0.1) is 0 Å². The minimum absolute atomic E-state index is 0.0858. The lowest BCUT2D eigenvalue weighted by Crippen LogP contribution is -2.43. The molecule has 0 spiro atoms. The Kier molecular flexibility index (Phi) is 25.3. The summed E-state index contributed by atoms with van der Waals surface area (Å²) in [5.41, 5.74) is -1.53. The Labute approximate surface area is 360 Å². The number of amides is 3. The van der Waals surface area contributed by atoms with Gasteiger partial charge >= 0.3 is 36.2 Å². The Morgan fingerprint density at radius 1 is 0.661 bits per heavy atom. The minimum Gasteiger partial charge on any atom is -0.480 e. The lowest BCUT2D eigenvalue weighted by Gasteiger charge is -2.28. The summed E-state index contributed by atoms with van der Waals surface area (Å²) in [6.07, 6.45) is 6.49. The first-order chi connectivity index (χ1) is 27.1. The maximum Gasteiger partial charge on any atom is 0.411 e. The number of carboxylic acids is 2. The van der Waals surface area contributed by atoms with Crippen LogP contribution in [0.25, 0.3) is 0 Å². The van der Waals surface area contributed by atoms with Crippen molar-refractivity contribution in [3.8, 4) is 0 Å². The van der Waals surface area contributed by atoms with Crippen molar-refractivity contribution in [2.45, 2.75) is 179 Å². The zero-order valence-corrected chi connectivity index (χ0v) is 38.5. The van der Waals surface area contributed by atoms with Crippen LogP contribution in [-0.4, -0.2) is 152 Å². The number of carbonyl (C=O) groups is 6. The molecule has 0 aromatic heterocycles. The van der Waals surface area contributed by atoms with Crippen LogP contribution in [0.1, 0.15) is 133 Å². The summed E-state index contributed by atoms with van der Waals surface area (Å²) in [4.78, 5) is 71.9. The van der Waals surface area contributed by atoms with Crippen LogP contribution >= 0.6 is 23.2 Å². The highest BCUT2D eigenvalue weighted by molar-refractivity contribution is 6.43. The second kappa shape index (κ2) is 26.8. The molecule has 17 nitrogen and oxygen atoms in total. The van der Waals surface area contributed by atoms with Gasteiger partial charge in [-0.2, -0.15) is 0 Å². The predicted octanol–water partition coefficient (Wildman–Crippen LogP) is 6.82. The molecule has 4 atom stereocenters. The Bertz CT molecular complexity index is 1310. The molecule has 0 unspecified atom stereocenters. The Morgan fingerprint density at radius 2 is 1.07 bits per heavy atom. The molecule has 0 aromatic carbocycles. The number of nitrogens with one attached hydrogen (secondary N) is 1. The van der Waals surface area contributed by atoms with Gasteiger partial charge in [-0.25, -0.2) is 19.2 Å². The molecule has 0 radical (unpaired) electrons. The SMILES string of the molecule is CC(C)(C)OC(=O)N1CCC[C@@H]1C(=O)O.CC(C)(C)OC(=O)N1CCC[C@@H]1CCO.CC(Cl)Cl.COC(=O)C[C@H]1CCCN1C(=O)OC(C)(C)C.O=C(O)[C@H]1CCCN1. The zero-order chi connectivity index (χ0) is 45.7. The molecule has 4 heterocycles. The quantitative estimate of drug-likeness (QED) is 0.122.